The van der Waals surface area contributed by atoms with Crippen molar-refractivity contribution in [2.24, 2.45) is 0 Å². The van der Waals surface area contributed by atoms with Gasteiger partial charge in [0.05, 0.1) is 29.7 Å². The highest BCUT2D eigenvalue weighted by molar-refractivity contribution is 6.30. The molecule has 0 radical (unpaired) electrons. The van der Waals surface area contributed by atoms with E-state index in [-0.39, 0.29) is 18.1 Å². The van der Waals surface area contributed by atoms with Gasteiger partial charge in [-0.15, -0.1) is 0 Å². The molecule has 2 aromatic rings. The van der Waals surface area contributed by atoms with E-state index >= 15 is 0 Å². The Labute approximate surface area is 152 Å². The van der Waals surface area contributed by atoms with Crippen LogP contribution in [0.1, 0.15) is 24.2 Å². The van der Waals surface area contributed by atoms with Crippen molar-refractivity contribution in [3.8, 4) is 11.3 Å². The van der Waals surface area contributed by atoms with Crippen molar-refractivity contribution >= 4 is 17.5 Å². The minimum absolute atomic E-state index is 0.131. The largest absolute Gasteiger partial charge is 0.373 e. The lowest BCUT2D eigenvalue weighted by atomic mass is 10.1. The highest BCUT2D eigenvalue weighted by Gasteiger charge is 2.22. The Hall–Kier alpha value is -1.89. The summed E-state index contributed by atoms with van der Waals surface area (Å²) in [4.78, 5) is 14.8. The molecule has 2 atom stereocenters. The quantitative estimate of drug-likeness (QED) is 0.857. The van der Waals surface area contributed by atoms with Crippen molar-refractivity contribution in [1.29, 1.82) is 0 Å². The van der Waals surface area contributed by atoms with Crippen LogP contribution in [0.4, 0.5) is 0 Å². The molecule has 2 heterocycles. The van der Waals surface area contributed by atoms with Crippen LogP contribution in [0.3, 0.4) is 0 Å². The Balaban J connectivity index is 1.57. The number of rotatable bonds is 5. The molecule has 0 bridgehead atoms. The van der Waals surface area contributed by atoms with Crippen LogP contribution in [0, 0.1) is 0 Å². The van der Waals surface area contributed by atoms with E-state index in [4.69, 9.17) is 16.3 Å². The first-order chi connectivity index (χ1) is 12.0. The molecule has 0 spiro atoms. The van der Waals surface area contributed by atoms with E-state index in [2.05, 4.69) is 34.3 Å². The topological polar surface area (TPSA) is 70.2 Å². The highest BCUT2D eigenvalue weighted by Crippen LogP contribution is 2.22. The summed E-state index contributed by atoms with van der Waals surface area (Å²) in [7, 11) is 0. The number of nitrogens with one attached hydrogen (secondary N) is 2. The number of benzene rings is 1. The van der Waals surface area contributed by atoms with Gasteiger partial charge >= 0.3 is 0 Å². The number of amides is 1. The number of aromatic nitrogens is 2. The van der Waals surface area contributed by atoms with Crippen molar-refractivity contribution in [3.05, 3.63) is 41.0 Å². The number of hydrogen-bond acceptors (Lipinski definition) is 4. The van der Waals surface area contributed by atoms with E-state index in [1.165, 1.54) is 0 Å². The average Bonchev–Trinajstić information content (AvgIpc) is 3.04. The number of carbonyl (C=O) groups is 1. The Morgan fingerprint density at radius 3 is 2.68 bits per heavy atom. The summed E-state index contributed by atoms with van der Waals surface area (Å²) in [6, 6.07) is 7.31. The second kappa shape index (κ2) is 7.99. The van der Waals surface area contributed by atoms with E-state index < -0.39 is 0 Å². The van der Waals surface area contributed by atoms with Gasteiger partial charge in [0.25, 0.3) is 5.91 Å². The molecule has 6 nitrogen and oxygen atoms in total. The van der Waals surface area contributed by atoms with Gasteiger partial charge in [-0.2, -0.15) is 5.10 Å². The molecule has 3 rings (SSSR count). The molecular formula is C18H23ClN4O2. The molecule has 134 valence electrons. The number of hydrogen-bond donors (Lipinski definition) is 2. The standard InChI is InChI=1S/C18H23ClN4O2/c1-12-10-23(11-13(2)25-12)8-7-20-18(24)16-9-21-22-17(16)14-3-5-15(19)6-4-14/h3-6,9,12-13H,7-8,10-11H2,1-2H3,(H,20,24)(H,21,22). The van der Waals surface area contributed by atoms with Gasteiger partial charge in [-0.25, -0.2) is 0 Å². The fourth-order valence-electron chi connectivity index (χ4n) is 3.18. The third-order valence-corrected chi connectivity index (χ3v) is 4.48. The molecule has 25 heavy (non-hydrogen) atoms. The van der Waals surface area contributed by atoms with Crippen LogP contribution >= 0.6 is 11.6 Å². The first-order valence-corrected chi connectivity index (χ1v) is 8.86. The molecule has 1 fully saturated rings. The van der Waals surface area contributed by atoms with Gasteiger partial charge in [-0.1, -0.05) is 23.7 Å². The minimum Gasteiger partial charge on any atom is -0.373 e. The fraction of sp³-hybridized carbons (Fsp3) is 0.444. The second-order valence-electron chi connectivity index (χ2n) is 6.44. The average molecular weight is 363 g/mol. The Bertz CT molecular complexity index is 706. The van der Waals surface area contributed by atoms with Crippen LogP contribution in [0.5, 0.6) is 0 Å². The van der Waals surface area contributed by atoms with E-state index in [1.54, 1.807) is 18.3 Å². The zero-order chi connectivity index (χ0) is 17.8. The van der Waals surface area contributed by atoms with E-state index in [0.29, 0.717) is 22.8 Å². The molecule has 1 amide bonds. The molecule has 2 N–H and O–H groups in total. The lowest BCUT2D eigenvalue weighted by Gasteiger charge is -2.35. The van der Waals surface area contributed by atoms with Gasteiger partial charge in [-0.3, -0.25) is 14.8 Å². The third-order valence-electron chi connectivity index (χ3n) is 4.23. The Morgan fingerprint density at radius 2 is 2.00 bits per heavy atom. The molecule has 1 aliphatic heterocycles. The van der Waals surface area contributed by atoms with Crippen molar-refractivity contribution < 1.29 is 9.53 Å². The SMILES string of the molecule is CC1CN(CCNC(=O)c2cn[nH]c2-c2ccc(Cl)cc2)CC(C)O1. The number of nitrogens with zero attached hydrogens (tertiary/aromatic N) is 2. The third kappa shape index (κ3) is 4.60. The number of halogens is 1. The first kappa shape index (κ1) is 17.9. The van der Waals surface area contributed by atoms with Crippen LogP contribution in [0.2, 0.25) is 5.02 Å². The zero-order valence-electron chi connectivity index (χ0n) is 14.5. The molecule has 0 saturated carbocycles. The number of ether oxygens (including phenoxy) is 1. The van der Waals surface area contributed by atoms with Crippen molar-refractivity contribution in [2.75, 3.05) is 26.2 Å². The molecule has 1 saturated heterocycles. The predicted octanol–water partition coefficient (Wildman–Crippen LogP) is 2.57. The summed E-state index contributed by atoms with van der Waals surface area (Å²) in [5.41, 5.74) is 2.11. The fourth-order valence-corrected chi connectivity index (χ4v) is 3.31. The molecule has 0 aliphatic carbocycles. The lowest BCUT2D eigenvalue weighted by molar-refractivity contribution is -0.0672. The van der Waals surface area contributed by atoms with E-state index in [0.717, 1.165) is 25.2 Å². The monoisotopic (exact) mass is 362 g/mol. The molecule has 7 heteroatoms. The maximum Gasteiger partial charge on any atom is 0.255 e. The zero-order valence-corrected chi connectivity index (χ0v) is 15.2. The molecule has 2 unspecified atom stereocenters. The highest BCUT2D eigenvalue weighted by atomic mass is 35.5. The van der Waals surface area contributed by atoms with Crippen LogP contribution < -0.4 is 5.32 Å². The summed E-state index contributed by atoms with van der Waals surface area (Å²) in [6.45, 7) is 7.32. The maximum absolute atomic E-state index is 12.5. The Morgan fingerprint density at radius 1 is 1.32 bits per heavy atom. The predicted molar refractivity (Wildman–Crippen MR) is 97.8 cm³/mol. The molecule has 1 aromatic carbocycles. The van der Waals surface area contributed by atoms with Gasteiger partial charge in [0, 0.05) is 36.8 Å². The van der Waals surface area contributed by atoms with Gasteiger partial charge in [0.2, 0.25) is 0 Å². The molecule has 1 aromatic heterocycles. The summed E-state index contributed by atoms with van der Waals surface area (Å²) < 4.78 is 5.72. The maximum atomic E-state index is 12.5. The van der Waals surface area contributed by atoms with Crippen molar-refractivity contribution in [3.63, 3.8) is 0 Å². The van der Waals surface area contributed by atoms with Crippen molar-refractivity contribution in [2.45, 2.75) is 26.1 Å². The number of aromatic amines is 1. The van der Waals surface area contributed by atoms with E-state index in [9.17, 15) is 4.79 Å². The normalized spacial score (nSPS) is 21.2. The molecule has 1 aliphatic rings. The number of H-pyrrole nitrogens is 1. The van der Waals surface area contributed by atoms with Gasteiger partial charge in [-0.05, 0) is 26.0 Å². The van der Waals surface area contributed by atoms with Gasteiger partial charge in [0.15, 0.2) is 0 Å². The van der Waals surface area contributed by atoms with E-state index in [1.807, 2.05) is 12.1 Å². The smallest absolute Gasteiger partial charge is 0.255 e. The second-order valence-corrected chi connectivity index (χ2v) is 6.87. The van der Waals surface area contributed by atoms with Crippen LogP contribution in [-0.4, -0.2) is 59.4 Å². The number of morpholine rings is 1. The Kier molecular flexibility index (Phi) is 5.73. The first-order valence-electron chi connectivity index (χ1n) is 8.48. The summed E-state index contributed by atoms with van der Waals surface area (Å²) in [5.74, 6) is -0.131. The van der Waals surface area contributed by atoms with Crippen LogP contribution in [0.15, 0.2) is 30.5 Å². The summed E-state index contributed by atoms with van der Waals surface area (Å²) in [6.07, 6.45) is 2.01. The van der Waals surface area contributed by atoms with Crippen molar-refractivity contribution in [1.82, 2.24) is 20.4 Å². The number of carbonyl (C=O) groups excluding carboxylic acids is 1. The lowest BCUT2D eigenvalue weighted by Crippen LogP contribution is -2.47. The van der Waals surface area contributed by atoms with Crippen LogP contribution in [-0.2, 0) is 4.74 Å². The van der Waals surface area contributed by atoms with Crippen LogP contribution in [0.25, 0.3) is 11.3 Å². The minimum atomic E-state index is -0.131. The van der Waals surface area contributed by atoms with Gasteiger partial charge in [0.1, 0.15) is 0 Å². The van der Waals surface area contributed by atoms with Gasteiger partial charge < -0.3 is 10.1 Å². The molecular weight excluding hydrogens is 340 g/mol. The summed E-state index contributed by atoms with van der Waals surface area (Å²) >= 11 is 5.92. The summed E-state index contributed by atoms with van der Waals surface area (Å²) in [5, 5.41) is 10.5.